The maximum Gasteiger partial charge on any atom is 0.296 e. The van der Waals surface area contributed by atoms with Gasteiger partial charge in [0.25, 0.3) is 17.7 Å². The molecule has 3 aromatic carbocycles. The van der Waals surface area contributed by atoms with Crippen LogP contribution >= 0.6 is 23.4 Å². The Morgan fingerprint density at radius 3 is 2.65 bits per heavy atom. The molecule has 0 unspecified atom stereocenters. The minimum absolute atomic E-state index is 0.0295. The summed E-state index contributed by atoms with van der Waals surface area (Å²) in [7, 11) is 1.63. The second-order valence-corrected chi connectivity index (χ2v) is 16.1. The number of halogens is 1. The topological polar surface area (TPSA) is 264 Å². The van der Waals surface area contributed by atoms with Gasteiger partial charge in [-0.1, -0.05) is 76.1 Å². The fourth-order valence-electron chi connectivity index (χ4n) is 6.56. The first-order valence-electron chi connectivity index (χ1n) is 20.7. The van der Waals surface area contributed by atoms with E-state index in [1.165, 1.54) is 16.7 Å². The smallest absolute Gasteiger partial charge is 0.296 e. The van der Waals surface area contributed by atoms with Crippen molar-refractivity contribution in [3.8, 4) is 17.6 Å². The summed E-state index contributed by atoms with van der Waals surface area (Å²) < 4.78 is 14.9. The molecule has 0 radical (unpaired) electrons. The number of amides is 3. The molecule has 23 heteroatoms. The molecule has 0 aliphatic carbocycles. The fraction of sp³-hybridized carbons (Fsp3) is 0.279. The number of nitrogens with zero attached hydrogens (tertiary/aromatic N) is 11. The summed E-state index contributed by atoms with van der Waals surface area (Å²) in [5.74, 6) is 6.03. The van der Waals surface area contributed by atoms with E-state index in [9.17, 15) is 14.4 Å². The van der Waals surface area contributed by atoms with Crippen molar-refractivity contribution in [2.24, 2.45) is 5.73 Å². The molecule has 0 saturated heterocycles. The van der Waals surface area contributed by atoms with Crippen LogP contribution in [0, 0.1) is 11.8 Å². The number of hydrogen-bond donors (Lipinski definition) is 5. The molecule has 21 nitrogen and oxygen atoms in total. The number of carbonyl (C=O) groups excluding carboxylic acids is 3. The maximum absolute atomic E-state index is 13.0. The van der Waals surface area contributed by atoms with Crippen molar-refractivity contribution in [2.45, 2.75) is 36.5 Å². The molecule has 1 aliphatic heterocycles. The first-order valence-corrected chi connectivity index (χ1v) is 22.0. The number of aromatic amines is 1. The van der Waals surface area contributed by atoms with Crippen LogP contribution in [-0.4, -0.2) is 125 Å². The normalized spacial score (nSPS) is 13.3. The average Bonchev–Trinajstić information content (AvgIpc) is 4.09. The Morgan fingerprint density at radius 2 is 1.82 bits per heavy atom. The Hall–Kier alpha value is -7.45. The summed E-state index contributed by atoms with van der Waals surface area (Å²) in [6, 6.07) is 21.0. The molecule has 3 amide bonds. The van der Waals surface area contributed by atoms with Gasteiger partial charge in [0, 0.05) is 61.6 Å². The first kappa shape index (κ1) is 45.1. The molecule has 0 saturated carbocycles. The molecule has 338 valence electrons. The van der Waals surface area contributed by atoms with E-state index in [0.29, 0.717) is 94.9 Å². The molecule has 7 aromatic rings. The number of likely N-dealkylation sites (N-methyl/N-ethyl adjacent to an activating group) is 1. The van der Waals surface area contributed by atoms with Crippen LogP contribution in [0.1, 0.15) is 38.8 Å². The Bertz CT molecular complexity index is 2880. The van der Waals surface area contributed by atoms with Crippen LogP contribution in [0.15, 0.2) is 84.1 Å². The molecule has 6 N–H and O–H groups in total. The Kier molecular flexibility index (Phi) is 14.7. The van der Waals surface area contributed by atoms with Crippen LogP contribution in [0.25, 0.3) is 11.2 Å². The zero-order valence-corrected chi connectivity index (χ0v) is 37.1. The second kappa shape index (κ2) is 21.5. The van der Waals surface area contributed by atoms with Crippen molar-refractivity contribution < 1.29 is 23.9 Å². The van der Waals surface area contributed by atoms with E-state index in [1.54, 1.807) is 40.7 Å². The monoisotopic (exact) mass is 930 g/mol. The van der Waals surface area contributed by atoms with Gasteiger partial charge in [-0.2, -0.15) is 0 Å². The first-order chi connectivity index (χ1) is 32.2. The van der Waals surface area contributed by atoms with Crippen LogP contribution in [0.4, 0.5) is 11.5 Å². The van der Waals surface area contributed by atoms with Gasteiger partial charge in [-0.05, 0) is 47.5 Å². The van der Waals surface area contributed by atoms with Crippen molar-refractivity contribution in [1.82, 2.24) is 65.8 Å². The molecular formula is C43H43ClN16O5S. The molecule has 66 heavy (non-hydrogen) atoms. The van der Waals surface area contributed by atoms with Gasteiger partial charge >= 0.3 is 0 Å². The lowest BCUT2D eigenvalue weighted by Crippen LogP contribution is -2.49. The lowest BCUT2D eigenvalue weighted by atomic mass is 10.1. The molecule has 0 fully saturated rings. The fourth-order valence-corrected chi connectivity index (χ4v) is 7.40. The second-order valence-electron chi connectivity index (χ2n) is 14.7. The molecule has 8 rings (SSSR count). The summed E-state index contributed by atoms with van der Waals surface area (Å²) in [4.78, 5) is 53.5. The number of rotatable bonds is 18. The third-order valence-corrected chi connectivity index (χ3v) is 11.0. The van der Waals surface area contributed by atoms with Crippen LogP contribution in [-0.2, 0) is 39.6 Å². The number of carbonyl (C=O) groups is 3. The Morgan fingerprint density at radius 1 is 1.00 bits per heavy atom. The summed E-state index contributed by atoms with van der Waals surface area (Å²) in [5, 5.41) is 33.7. The molecule has 0 spiro atoms. The predicted octanol–water partition coefficient (Wildman–Crippen LogP) is 2.22. The summed E-state index contributed by atoms with van der Waals surface area (Å²) >= 11 is 7.47. The average molecular weight is 931 g/mol. The van der Waals surface area contributed by atoms with Crippen molar-refractivity contribution in [2.75, 3.05) is 56.7 Å². The molecule has 5 heterocycles. The number of fused-ring (bicyclic) bond motifs is 2. The van der Waals surface area contributed by atoms with Crippen LogP contribution in [0.3, 0.4) is 0 Å². The number of benzene rings is 3. The van der Waals surface area contributed by atoms with Gasteiger partial charge in [0.2, 0.25) is 5.82 Å². The van der Waals surface area contributed by atoms with Crippen LogP contribution in [0.2, 0.25) is 5.02 Å². The van der Waals surface area contributed by atoms with Crippen molar-refractivity contribution in [1.29, 1.82) is 0 Å². The summed E-state index contributed by atoms with van der Waals surface area (Å²) in [5.41, 5.74) is 10.7. The van der Waals surface area contributed by atoms with Gasteiger partial charge in [-0.15, -0.1) is 15.3 Å². The highest BCUT2D eigenvalue weighted by Crippen LogP contribution is 2.30. The van der Waals surface area contributed by atoms with E-state index in [0.717, 1.165) is 16.8 Å². The molecule has 0 bridgehead atoms. The number of nitrogens with one attached hydrogen (secondary N) is 4. The zero-order chi connectivity index (χ0) is 45.8. The summed E-state index contributed by atoms with van der Waals surface area (Å²) in [6.45, 7) is 2.74. The minimum Gasteiger partial charge on any atom is -0.489 e. The van der Waals surface area contributed by atoms with Crippen molar-refractivity contribution >= 4 is 63.8 Å². The summed E-state index contributed by atoms with van der Waals surface area (Å²) in [6.07, 6.45) is 2.19. The number of hydrogen-bond acceptors (Lipinski definition) is 16. The highest BCUT2D eigenvalue weighted by atomic mass is 35.5. The number of H-pyrrole nitrogens is 1. The third kappa shape index (κ3) is 11.6. The Labute approximate surface area is 386 Å². The van der Waals surface area contributed by atoms with Crippen molar-refractivity contribution in [3.63, 3.8) is 0 Å². The standard InChI is InChI=1S/C43H43ClN16O5S/c1-58-33-4-2-3-5-34(33)65-25-32(42(58)63)48-41(62)39-49-35(53-55-39)22-28-8-6-27(7-9-28)12-15-36(61)46-18-20-64-21-19-59-24-31(52-56-59)26-66-43-50-38(47-17-16-45)37-40(51-43)60(57-54-37)23-29-10-13-30(44)14-11-29/h2-11,13-14,24,32H,16-23,25-26,45H2,1H3,(H,46,61)(H,48,62)(H,47,50,51)(H,49,53,55)/t32-/m0/s1. The quantitative estimate of drug-likeness (QED) is 0.0358. The van der Waals surface area contributed by atoms with E-state index in [2.05, 4.69) is 68.6 Å². The minimum atomic E-state index is -0.918. The largest absolute Gasteiger partial charge is 0.489 e. The molecule has 4 aromatic heterocycles. The van der Waals surface area contributed by atoms with E-state index >= 15 is 0 Å². The van der Waals surface area contributed by atoms with Gasteiger partial charge in [-0.25, -0.2) is 24.3 Å². The van der Waals surface area contributed by atoms with E-state index in [4.69, 9.17) is 31.8 Å². The van der Waals surface area contributed by atoms with E-state index < -0.39 is 17.9 Å². The number of thioether (sulfide) groups is 1. The SMILES string of the molecule is CN1C(=O)[C@@H](NC(=O)c2n[nH]c(Cc3ccc(C#CC(=O)NCCOCCn4cc(CSc5nc(NCCN)c6nnn(Cc7ccc(Cl)cc7)c6n5)nn4)cc3)n2)COc2ccccc21. The highest BCUT2D eigenvalue weighted by molar-refractivity contribution is 7.98. The van der Waals surface area contributed by atoms with Crippen LogP contribution in [0.5, 0.6) is 5.75 Å². The predicted molar refractivity (Wildman–Crippen MR) is 244 cm³/mol. The van der Waals surface area contributed by atoms with Gasteiger partial charge in [0.1, 0.15) is 24.2 Å². The maximum atomic E-state index is 13.0. The third-order valence-electron chi connectivity index (χ3n) is 9.90. The number of anilines is 2. The molecule has 1 atom stereocenters. The van der Waals surface area contributed by atoms with Crippen molar-refractivity contribution in [3.05, 3.63) is 118 Å². The number of nitrogens with two attached hydrogens (primary N) is 1. The highest BCUT2D eigenvalue weighted by Gasteiger charge is 2.31. The number of ether oxygens (including phenoxy) is 2. The molecular weight excluding hydrogens is 888 g/mol. The van der Waals surface area contributed by atoms with Gasteiger partial charge in [-0.3, -0.25) is 19.5 Å². The van der Waals surface area contributed by atoms with Gasteiger partial charge in [0.15, 0.2) is 22.1 Å². The van der Waals surface area contributed by atoms with Gasteiger partial charge < -0.3 is 36.1 Å². The number of para-hydroxylation sites is 2. The van der Waals surface area contributed by atoms with Gasteiger partial charge in [0.05, 0.1) is 37.7 Å². The lowest BCUT2D eigenvalue weighted by molar-refractivity contribution is -0.120. The lowest BCUT2D eigenvalue weighted by Gasteiger charge is -2.19. The van der Waals surface area contributed by atoms with Crippen LogP contribution < -0.4 is 31.3 Å². The Balaban J connectivity index is 0.733. The van der Waals surface area contributed by atoms with E-state index in [-0.39, 0.29) is 31.5 Å². The van der Waals surface area contributed by atoms with E-state index in [1.807, 2.05) is 54.7 Å². The molecule has 1 aliphatic rings. The number of aromatic nitrogens is 11. The zero-order valence-electron chi connectivity index (χ0n) is 35.5.